The van der Waals surface area contributed by atoms with E-state index in [0.29, 0.717) is 56.8 Å². The molecule has 2 rings (SSSR count). The minimum atomic E-state index is -0.420. The van der Waals surface area contributed by atoms with Crippen LogP contribution in [-0.4, -0.2) is 62.8 Å². The van der Waals surface area contributed by atoms with E-state index in [0.717, 1.165) is 5.56 Å². The average molecular weight is 407 g/mol. The van der Waals surface area contributed by atoms with Crippen molar-refractivity contribution in [1.29, 1.82) is 0 Å². The lowest BCUT2D eigenvalue weighted by Gasteiger charge is -2.32. The van der Waals surface area contributed by atoms with Crippen molar-refractivity contribution >= 4 is 11.8 Å². The van der Waals surface area contributed by atoms with Crippen LogP contribution in [0.4, 0.5) is 0 Å². The highest BCUT2D eigenvalue weighted by Gasteiger charge is 2.38. The molecule has 7 nitrogen and oxygen atoms in total. The highest BCUT2D eigenvalue weighted by Crippen LogP contribution is 2.33. The number of methoxy groups -OCH3 is 3. The van der Waals surface area contributed by atoms with Crippen LogP contribution in [-0.2, 0) is 20.7 Å². The SMILES string of the molecule is COCCN(C(=O)CCC1(Cc2ccc(OC)c(OC)c2)CCC(=O)N1)C(C)C. The molecular formula is C22H34N2O5. The second-order valence-electron chi connectivity index (χ2n) is 7.87. The molecule has 1 aromatic rings. The maximum absolute atomic E-state index is 12.8. The lowest BCUT2D eigenvalue weighted by molar-refractivity contribution is -0.134. The molecule has 1 aromatic carbocycles. The molecule has 1 fully saturated rings. The first-order valence-electron chi connectivity index (χ1n) is 10.1. The molecule has 0 spiro atoms. The predicted molar refractivity (Wildman–Crippen MR) is 111 cm³/mol. The van der Waals surface area contributed by atoms with Crippen molar-refractivity contribution in [1.82, 2.24) is 10.2 Å². The normalized spacial score (nSPS) is 18.6. The Morgan fingerprint density at radius 3 is 2.48 bits per heavy atom. The molecule has 0 bridgehead atoms. The fourth-order valence-corrected chi connectivity index (χ4v) is 3.91. The Balaban J connectivity index is 2.12. The number of benzene rings is 1. The number of hydrogen-bond acceptors (Lipinski definition) is 5. The highest BCUT2D eigenvalue weighted by atomic mass is 16.5. The van der Waals surface area contributed by atoms with Gasteiger partial charge in [0, 0.05) is 38.1 Å². The number of carbonyl (C=O) groups excluding carboxylic acids is 2. The van der Waals surface area contributed by atoms with Crippen LogP contribution < -0.4 is 14.8 Å². The van der Waals surface area contributed by atoms with Gasteiger partial charge in [-0.15, -0.1) is 0 Å². The molecule has 1 heterocycles. The summed E-state index contributed by atoms with van der Waals surface area (Å²) in [5.74, 6) is 1.45. The Hall–Kier alpha value is -2.28. The van der Waals surface area contributed by atoms with E-state index in [1.165, 1.54) is 0 Å². The van der Waals surface area contributed by atoms with Crippen molar-refractivity contribution < 1.29 is 23.8 Å². The van der Waals surface area contributed by atoms with Gasteiger partial charge in [0.25, 0.3) is 0 Å². The Kier molecular flexibility index (Phi) is 8.32. The van der Waals surface area contributed by atoms with E-state index >= 15 is 0 Å². The van der Waals surface area contributed by atoms with Crippen molar-refractivity contribution in [3.63, 3.8) is 0 Å². The fraction of sp³-hybridized carbons (Fsp3) is 0.636. The van der Waals surface area contributed by atoms with Gasteiger partial charge in [0.05, 0.1) is 20.8 Å². The summed E-state index contributed by atoms with van der Waals surface area (Å²) in [4.78, 5) is 26.7. The molecule has 1 saturated heterocycles. The maximum atomic E-state index is 12.8. The summed E-state index contributed by atoms with van der Waals surface area (Å²) in [6.07, 6.45) is 2.83. The first-order chi connectivity index (χ1) is 13.8. The summed E-state index contributed by atoms with van der Waals surface area (Å²) >= 11 is 0. The number of carbonyl (C=O) groups is 2. The molecule has 1 atom stereocenters. The zero-order chi connectivity index (χ0) is 21.4. The van der Waals surface area contributed by atoms with Gasteiger partial charge < -0.3 is 24.4 Å². The van der Waals surface area contributed by atoms with E-state index in [1.54, 1.807) is 21.3 Å². The Morgan fingerprint density at radius 2 is 1.93 bits per heavy atom. The van der Waals surface area contributed by atoms with Crippen molar-refractivity contribution in [3.8, 4) is 11.5 Å². The largest absolute Gasteiger partial charge is 0.493 e. The monoisotopic (exact) mass is 406 g/mol. The zero-order valence-electron chi connectivity index (χ0n) is 18.2. The van der Waals surface area contributed by atoms with Crippen LogP contribution in [0.25, 0.3) is 0 Å². The number of amides is 2. The number of hydrogen-bond donors (Lipinski definition) is 1. The van der Waals surface area contributed by atoms with E-state index < -0.39 is 5.54 Å². The van der Waals surface area contributed by atoms with Crippen molar-refractivity contribution in [2.75, 3.05) is 34.5 Å². The van der Waals surface area contributed by atoms with Gasteiger partial charge in [-0.25, -0.2) is 0 Å². The van der Waals surface area contributed by atoms with Crippen LogP contribution in [0.3, 0.4) is 0 Å². The molecule has 0 aliphatic carbocycles. The van der Waals surface area contributed by atoms with Crippen LogP contribution in [0.15, 0.2) is 18.2 Å². The van der Waals surface area contributed by atoms with Crippen LogP contribution in [0.2, 0.25) is 0 Å². The highest BCUT2D eigenvalue weighted by molar-refractivity contribution is 5.80. The second-order valence-corrected chi connectivity index (χ2v) is 7.87. The van der Waals surface area contributed by atoms with Crippen LogP contribution in [0, 0.1) is 0 Å². The van der Waals surface area contributed by atoms with Crippen molar-refractivity contribution in [3.05, 3.63) is 23.8 Å². The minimum absolute atomic E-state index is 0.0398. The van der Waals surface area contributed by atoms with Gasteiger partial charge in [-0.1, -0.05) is 6.07 Å². The molecule has 1 aliphatic heterocycles. The third-order valence-electron chi connectivity index (χ3n) is 5.52. The summed E-state index contributed by atoms with van der Waals surface area (Å²) in [5.41, 5.74) is 0.619. The van der Waals surface area contributed by atoms with Crippen molar-refractivity contribution in [2.24, 2.45) is 0 Å². The van der Waals surface area contributed by atoms with Crippen LogP contribution in [0.1, 0.15) is 45.1 Å². The molecular weight excluding hydrogens is 372 g/mol. The van der Waals surface area contributed by atoms with Gasteiger partial charge in [-0.3, -0.25) is 9.59 Å². The Labute approximate surface area is 173 Å². The quantitative estimate of drug-likeness (QED) is 0.611. The Morgan fingerprint density at radius 1 is 1.21 bits per heavy atom. The van der Waals surface area contributed by atoms with Crippen LogP contribution in [0.5, 0.6) is 11.5 Å². The standard InChI is InChI=1S/C22H34N2O5/c1-16(2)24(12-13-27-3)21(26)9-11-22(10-8-20(25)23-22)15-17-6-7-18(28-4)19(14-17)29-5/h6-7,14,16H,8-13,15H2,1-5H3,(H,23,25). The lowest BCUT2D eigenvalue weighted by Crippen LogP contribution is -2.46. The molecule has 162 valence electrons. The van der Waals surface area contributed by atoms with E-state index in [9.17, 15) is 9.59 Å². The summed E-state index contributed by atoms with van der Waals surface area (Å²) in [6.45, 7) is 5.09. The van der Waals surface area contributed by atoms with E-state index in [-0.39, 0.29) is 17.9 Å². The van der Waals surface area contributed by atoms with Gasteiger partial charge >= 0.3 is 0 Å². The van der Waals surface area contributed by atoms with Gasteiger partial charge in [0.1, 0.15) is 0 Å². The first kappa shape index (κ1) is 23.0. The molecule has 0 aromatic heterocycles. The second kappa shape index (κ2) is 10.5. The molecule has 29 heavy (non-hydrogen) atoms. The third kappa shape index (κ3) is 6.10. The maximum Gasteiger partial charge on any atom is 0.222 e. The third-order valence-corrected chi connectivity index (χ3v) is 5.52. The smallest absolute Gasteiger partial charge is 0.222 e. The van der Waals surface area contributed by atoms with Crippen molar-refractivity contribution in [2.45, 2.75) is 57.5 Å². The molecule has 0 saturated carbocycles. The predicted octanol–water partition coefficient (Wildman–Crippen LogP) is 2.56. The topological polar surface area (TPSA) is 77.1 Å². The number of nitrogens with one attached hydrogen (secondary N) is 1. The summed E-state index contributed by atoms with van der Waals surface area (Å²) in [6, 6.07) is 5.90. The molecule has 2 amide bonds. The zero-order valence-corrected chi connectivity index (χ0v) is 18.2. The molecule has 0 radical (unpaired) electrons. The number of nitrogens with zero attached hydrogens (tertiary/aromatic N) is 1. The van der Waals surface area contributed by atoms with E-state index in [1.807, 2.05) is 36.9 Å². The molecule has 1 N–H and O–H groups in total. The van der Waals surface area contributed by atoms with Crippen LogP contribution >= 0.6 is 0 Å². The van der Waals surface area contributed by atoms with Gasteiger partial charge in [-0.2, -0.15) is 0 Å². The summed E-state index contributed by atoms with van der Waals surface area (Å²) in [5, 5.41) is 3.14. The Bertz CT molecular complexity index is 706. The van der Waals surface area contributed by atoms with Gasteiger partial charge in [0.15, 0.2) is 11.5 Å². The molecule has 1 aliphatic rings. The fourth-order valence-electron chi connectivity index (χ4n) is 3.91. The number of rotatable bonds is 11. The minimum Gasteiger partial charge on any atom is -0.493 e. The van der Waals surface area contributed by atoms with E-state index in [4.69, 9.17) is 14.2 Å². The first-order valence-corrected chi connectivity index (χ1v) is 10.1. The molecule has 1 unspecified atom stereocenters. The van der Waals surface area contributed by atoms with E-state index in [2.05, 4.69) is 5.32 Å². The van der Waals surface area contributed by atoms with Gasteiger partial charge in [0.2, 0.25) is 11.8 Å². The summed E-state index contributed by atoms with van der Waals surface area (Å²) in [7, 11) is 4.84. The lowest BCUT2D eigenvalue weighted by atomic mass is 9.84. The van der Waals surface area contributed by atoms with Gasteiger partial charge in [-0.05, 0) is 50.8 Å². The average Bonchev–Trinajstić information content (AvgIpc) is 3.07. The summed E-state index contributed by atoms with van der Waals surface area (Å²) < 4.78 is 15.8. The number of ether oxygens (including phenoxy) is 3. The molecule has 7 heteroatoms.